The summed E-state index contributed by atoms with van der Waals surface area (Å²) in [7, 11) is 0. The second kappa shape index (κ2) is 6.18. The monoisotopic (exact) mass is 364 g/mol. The summed E-state index contributed by atoms with van der Waals surface area (Å²) in [6.45, 7) is 7.26. The predicted molar refractivity (Wildman–Crippen MR) is 88.7 cm³/mol. The number of carbonyl (C=O) groups excluding carboxylic acids is 2. The Morgan fingerprint density at radius 1 is 1.46 bits per heavy atom. The second-order valence-electron chi connectivity index (χ2n) is 7.78. The molecule has 142 valence electrons. The zero-order valence-electron chi connectivity index (χ0n) is 15.0. The van der Waals surface area contributed by atoms with Crippen LogP contribution in [0.1, 0.15) is 33.1 Å². The van der Waals surface area contributed by atoms with Crippen molar-refractivity contribution < 1.29 is 33.6 Å². The van der Waals surface area contributed by atoms with Crippen molar-refractivity contribution in [3.63, 3.8) is 0 Å². The summed E-state index contributed by atoms with van der Waals surface area (Å²) in [5.41, 5.74) is 0.328. The quantitative estimate of drug-likeness (QED) is 0.341. The van der Waals surface area contributed by atoms with Gasteiger partial charge in [-0.05, 0) is 31.4 Å². The molecule has 0 saturated carbocycles. The Labute approximate surface area is 151 Å². The number of carbonyl (C=O) groups is 2. The van der Waals surface area contributed by atoms with E-state index in [0.29, 0.717) is 0 Å². The number of rotatable bonds is 2. The fraction of sp³-hybridized carbons (Fsp3) is 0.684. The molecule has 1 spiro atoms. The summed E-state index contributed by atoms with van der Waals surface area (Å²) < 4.78 is 22.7. The molecule has 0 aromatic rings. The Hall–Kier alpha value is -1.70. The van der Waals surface area contributed by atoms with Crippen LogP contribution in [-0.2, 0) is 28.5 Å². The van der Waals surface area contributed by atoms with E-state index in [4.69, 9.17) is 18.9 Å². The van der Waals surface area contributed by atoms with Gasteiger partial charge in [0, 0.05) is 17.9 Å². The van der Waals surface area contributed by atoms with Crippen LogP contribution in [0.3, 0.4) is 0 Å². The van der Waals surface area contributed by atoms with Gasteiger partial charge in [-0.2, -0.15) is 0 Å². The highest BCUT2D eigenvalue weighted by molar-refractivity contribution is 5.87. The molecule has 0 aromatic heterocycles. The number of ether oxygens (including phenoxy) is 4. The van der Waals surface area contributed by atoms with Gasteiger partial charge in [-0.1, -0.05) is 13.5 Å². The molecule has 4 heterocycles. The first-order chi connectivity index (χ1) is 12.3. The summed E-state index contributed by atoms with van der Waals surface area (Å²) in [4.78, 5) is 24.4. The van der Waals surface area contributed by atoms with E-state index < -0.39 is 36.0 Å². The highest BCUT2D eigenvalue weighted by atomic mass is 16.7. The van der Waals surface area contributed by atoms with Crippen molar-refractivity contribution in [2.45, 2.75) is 63.3 Å². The molecule has 1 N–H and O–H groups in total. The van der Waals surface area contributed by atoms with Crippen LogP contribution in [0.4, 0.5) is 0 Å². The Bertz CT molecular complexity index is 683. The average Bonchev–Trinajstić information content (AvgIpc) is 3.20. The summed E-state index contributed by atoms with van der Waals surface area (Å²) in [5, 5.41) is 10.5. The molecular formula is C19H24O7. The number of fused-ring (bicyclic) bond motifs is 4. The number of hydrogen-bond acceptors (Lipinski definition) is 7. The zero-order valence-corrected chi connectivity index (χ0v) is 15.0. The Kier molecular flexibility index (Phi) is 4.21. The van der Waals surface area contributed by atoms with Crippen LogP contribution in [-0.4, -0.2) is 53.9 Å². The van der Waals surface area contributed by atoms with Crippen molar-refractivity contribution in [1.29, 1.82) is 0 Å². The predicted octanol–water partition coefficient (Wildman–Crippen LogP) is 1.25. The third kappa shape index (κ3) is 2.78. The topological polar surface area (TPSA) is 94.6 Å². The van der Waals surface area contributed by atoms with Gasteiger partial charge in [-0.25, -0.2) is 4.79 Å². The van der Waals surface area contributed by atoms with E-state index in [0.717, 1.165) is 18.4 Å². The number of epoxide rings is 1. The Morgan fingerprint density at radius 2 is 2.23 bits per heavy atom. The maximum Gasteiger partial charge on any atom is 0.333 e. The van der Waals surface area contributed by atoms with E-state index in [1.165, 1.54) is 0 Å². The standard InChI is InChI=1S/C19H24O7/c1-9(2)16(20)25-13-7-19-14(26-19)5-4-11(8-23-18(19)22)6-12-15(13)10(3)17(21)24-12/h6,10,12-15,18,22H,1,4-5,7-8H2,2-3H3/t10-,12+,13-,14+,15?,18?,19?/m0/s1. The van der Waals surface area contributed by atoms with E-state index in [-0.39, 0.29) is 36.6 Å². The summed E-state index contributed by atoms with van der Waals surface area (Å²) in [6, 6.07) is 0. The second-order valence-corrected chi connectivity index (χ2v) is 7.78. The smallest absolute Gasteiger partial charge is 0.333 e. The molecule has 7 heteroatoms. The molecule has 7 atom stereocenters. The van der Waals surface area contributed by atoms with E-state index in [1.54, 1.807) is 13.8 Å². The van der Waals surface area contributed by atoms with Crippen LogP contribution in [0.25, 0.3) is 0 Å². The fourth-order valence-electron chi connectivity index (χ4n) is 4.36. The fourth-order valence-corrected chi connectivity index (χ4v) is 4.36. The van der Waals surface area contributed by atoms with Crippen LogP contribution in [0, 0.1) is 11.8 Å². The lowest BCUT2D eigenvalue weighted by molar-refractivity contribution is -0.165. The largest absolute Gasteiger partial charge is 0.458 e. The lowest BCUT2D eigenvalue weighted by Gasteiger charge is -2.33. The lowest BCUT2D eigenvalue weighted by atomic mass is 9.79. The third-order valence-electron chi connectivity index (χ3n) is 5.96. The molecule has 0 radical (unpaired) electrons. The highest BCUT2D eigenvalue weighted by Crippen LogP contribution is 2.51. The minimum Gasteiger partial charge on any atom is -0.458 e. The summed E-state index contributed by atoms with van der Waals surface area (Å²) >= 11 is 0. The van der Waals surface area contributed by atoms with Gasteiger partial charge < -0.3 is 24.1 Å². The van der Waals surface area contributed by atoms with Crippen LogP contribution < -0.4 is 0 Å². The van der Waals surface area contributed by atoms with Crippen LogP contribution in [0.15, 0.2) is 23.8 Å². The lowest BCUT2D eigenvalue weighted by Crippen LogP contribution is -2.45. The molecule has 2 bridgehead atoms. The molecule has 4 aliphatic heterocycles. The van der Waals surface area contributed by atoms with Crippen LogP contribution >= 0.6 is 0 Å². The highest BCUT2D eigenvalue weighted by Gasteiger charge is 2.65. The van der Waals surface area contributed by atoms with E-state index in [1.807, 2.05) is 6.08 Å². The van der Waals surface area contributed by atoms with Gasteiger partial charge >= 0.3 is 11.9 Å². The van der Waals surface area contributed by atoms with E-state index in [2.05, 4.69) is 6.58 Å². The van der Waals surface area contributed by atoms with Gasteiger partial charge in [0.05, 0.1) is 18.6 Å². The normalized spacial score (nSPS) is 44.1. The number of aliphatic hydroxyl groups excluding tert-OH is 1. The summed E-state index contributed by atoms with van der Waals surface area (Å²) in [6.07, 6.45) is 1.25. The van der Waals surface area contributed by atoms with Crippen molar-refractivity contribution in [1.82, 2.24) is 0 Å². The maximum atomic E-state index is 12.2. The van der Waals surface area contributed by atoms with Crippen molar-refractivity contribution in [2.75, 3.05) is 6.61 Å². The molecule has 5 rings (SSSR count). The molecule has 0 amide bonds. The zero-order chi connectivity index (χ0) is 18.6. The van der Waals surface area contributed by atoms with Gasteiger partial charge in [0.15, 0.2) is 6.29 Å². The van der Waals surface area contributed by atoms with E-state index in [9.17, 15) is 14.7 Å². The molecule has 3 saturated heterocycles. The molecule has 3 unspecified atom stereocenters. The molecule has 3 fully saturated rings. The molecule has 0 aromatic carbocycles. The SMILES string of the molecule is C=C(C)C(=O)O[C@H]1CC23O[C@@H]2CCC(=C[C@H]2OC(=O)[C@@H](C)C12)COC3O. The van der Waals surface area contributed by atoms with Gasteiger partial charge in [0.25, 0.3) is 0 Å². The van der Waals surface area contributed by atoms with Crippen molar-refractivity contribution in [3.8, 4) is 0 Å². The summed E-state index contributed by atoms with van der Waals surface area (Å²) in [5.74, 6) is -1.60. The first-order valence-corrected chi connectivity index (χ1v) is 9.06. The van der Waals surface area contributed by atoms with Crippen LogP contribution in [0.2, 0.25) is 0 Å². The molecule has 1 aliphatic carbocycles. The van der Waals surface area contributed by atoms with E-state index >= 15 is 0 Å². The number of esters is 2. The first-order valence-electron chi connectivity index (χ1n) is 9.06. The Balaban J connectivity index is 1.75. The van der Waals surface area contributed by atoms with Gasteiger partial charge in [0.1, 0.15) is 17.8 Å². The molecule has 26 heavy (non-hydrogen) atoms. The van der Waals surface area contributed by atoms with Crippen molar-refractivity contribution in [2.24, 2.45) is 11.8 Å². The minimum absolute atomic E-state index is 0.155. The average molecular weight is 364 g/mol. The third-order valence-corrected chi connectivity index (χ3v) is 5.96. The minimum atomic E-state index is -1.10. The van der Waals surface area contributed by atoms with Crippen molar-refractivity contribution >= 4 is 11.9 Å². The first kappa shape index (κ1) is 17.7. The van der Waals surface area contributed by atoms with Crippen LogP contribution in [0.5, 0.6) is 0 Å². The van der Waals surface area contributed by atoms with Gasteiger partial charge in [-0.15, -0.1) is 0 Å². The number of aliphatic hydroxyl groups is 1. The molecule has 7 nitrogen and oxygen atoms in total. The van der Waals surface area contributed by atoms with Crippen molar-refractivity contribution in [3.05, 3.63) is 23.8 Å². The van der Waals surface area contributed by atoms with Gasteiger partial charge in [0.2, 0.25) is 0 Å². The molecular weight excluding hydrogens is 340 g/mol. The molecule has 5 aliphatic rings. The Morgan fingerprint density at radius 3 is 2.96 bits per heavy atom. The van der Waals surface area contributed by atoms with Gasteiger partial charge in [-0.3, -0.25) is 4.79 Å². The number of hydrogen-bond donors (Lipinski definition) is 1. The maximum absolute atomic E-state index is 12.2.